The maximum atomic E-state index is 13.2. The Morgan fingerprint density at radius 3 is 2.65 bits per heavy atom. The van der Waals surface area contributed by atoms with Gasteiger partial charge in [0.2, 0.25) is 5.91 Å². The summed E-state index contributed by atoms with van der Waals surface area (Å²) in [6, 6.07) is 6.63. The Bertz CT molecular complexity index is 618. The van der Waals surface area contributed by atoms with E-state index in [0.29, 0.717) is 24.8 Å². The van der Waals surface area contributed by atoms with E-state index in [-0.39, 0.29) is 21.5 Å². The van der Waals surface area contributed by atoms with Gasteiger partial charge in [0.15, 0.2) is 0 Å². The molecule has 124 valence electrons. The second kappa shape index (κ2) is 5.58. The van der Waals surface area contributed by atoms with E-state index in [2.05, 4.69) is 21.2 Å². The molecule has 2 unspecified atom stereocenters. The molecular weight excluding hydrogens is 357 g/mol. The molecule has 2 atom stereocenters. The van der Waals surface area contributed by atoms with Gasteiger partial charge < -0.3 is 5.32 Å². The van der Waals surface area contributed by atoms with Gasteiger partial charge in [0.25, 0.3) is 0 Å². The molecule has 1 aromatic carbocycles. The van der Waals surface area contributed by atoms with Crippen molar-refractivity contribution in [2.45, 2.75) is 49.3 Å². The van der Waals surface area contributed by atoms with Gasteiger partial charge in [0.1, 0.15) is 5.82 Å². The maximum absolute atomic E-state index is 13.2. The van der Waals surface area contributed by atoms with E-state index in [0.717, 1.165) is 24.8 Å². The van der Waals surface area contributed by atoms with E-state index in [1.165, 1.54) is 25.3 Å². The van der Waals surface area contributed by atoms with Gasteiger partial charge in [0, 0.05) is 10.9 Å². The molecule has 1 N–H and O–H groups in total. The van der Waals surface area contributed by atoms with Crippen LogP contribution in [0.1, 0.15) is 44.1 Å². The Hall–Kier alpha value is -0.900. The molecule has 4 bridgehead atoms. The monoisotopic (exact) mass is 379 g/mol. The number of hydrogen-bond donors (Lipinski definition) is 1. The fourth-order valence-electron chi connectivity index (χ4n) is 5.62. The minimum Gasteiger partial charge on any atom is -0.355 e. The first-order valence-corrected chi connectivity index (χ1v) is 9.47. The summed E-state index contributed by atoms with van der Waals surface area (Å²) in [6.07, 6.45) is 7.57. The molecule has 4 fully saturated rings. The molecule has 2 nitrogen and oxygen atoms in total. The Morgan fingerprint density at radius 1 is 1.26 bits per heavy atom. The topological polar surface area (TPSA) is 29.1 Å². The minimum atomic E-state index is -0.212. The summed E-state index contributed by atoms with van der Waals surface area (Å²) in [5.41, 5.74) is 0.781. The van der Waals surface area contributed by atoms with Gasteiger partial charge in [-0.25, -0.2) is 4.39 Å². The van der Waals surface area contributed by atoms with Crippen LogP contribution in [0.4, 0.5) is 4.39 Å². The molecule has 0 spiro atoms. The average molecular weight is 380 g/mol. The van der Waals surface area contributed by atoms with Crippen molar-refractivity contribution in [2.24, 2.45) is 17.3 Å². The van der Waals surface area contributed by atoms with Crippen LogP contribution in [0.5, 0.6) is 0 Å². The average Bonchev–Trinajstić information content (AvgIpc) is 2.44. The quantitative estimate of drug-likeness (QED) is 0.779. The van der Waals surface area contributed by atoms with Crippen LogP contribution < -0.4 is 5.32 Å². The third-order valence-corrected chi connectivity index (χ3v) is 6.99. The van der Waals surface area contributed by atoms with Crippen molar-refractivity contribution in [3.8, 4) is 0 Å². The lowest BCUT2D eigenvalue weighted by Crippen LogP contribution is -2.58. The van der Waals surface area contributed by atoms with Gasteiger partial charge in [-0.15, -0.1) is 0 Å². The Balaban J connectivity index is 1.39. The number of rotatable bonds is 4. The number of carbonyl (C=O) groups is 1. The van der Waals surface area contributed by atoms with E-state index < -0.39 is 0 Å². The first kappa shape index (κ1) is 15.6. The zero-order valence-corrected chi connectivity index (χ0v) is 14.9. The van der Waals surface area contributed by atoms with E-state index in [4.69, 9.17) is 0 Å². The summed E-state index contributed by atoms with van der Waals surface area (Å²) in [5, 5.41) is 3.14. The molecule has 0 aromatic heterocycles. The number of amides is 1. The minimum absolute atomic E-state index is 0.157. The van der Waals surface area contributed by atoms with Crippen LogP contribution in [0.25, 0.3) is 0 Å². The number of benzene rings is 1. The highest BCUT2D eigenvalue weighted by molar-refractivity contribution is 9.10. The second-order valence-electron chi connectivity index (χ2n) is 8.03. The molecule has 5 rings (SSSR count). The van der Waals surface area contributed by atoms with Crippen LogP contribution >= 0.6 is 15.9 Å². The number of halogens is 2. The van der Waals surface area contributed by atoms with Gasteiger partial charge in [0.05, 0.1) is 5.41 Å². The fourth-order valence-corrected chi connectivity index (χ4v) is 7.07. The summed E-state index contributed by atoms with van der Waals surface area (Å²) in [6.45, 7) is 0.592. The van der Waals surface area contributed by atoms with Crippen LogP contribution in [0, 0.1) is 23.1 Å². The van der Waals surface area contributed by atoms with Gasteiger partial charge in [-0.1, -0.05) is 28.1 Å². The highest BCUT2D eigenvalue weighted by atomic mass is 79.9. The zero-order valence-electron chi connectivity index (χ0n) is 13.3. The summed E-state index contributed by atoms with van der Waals surface area (Å²) in [7, 11) is 0. The van der Waals surface area contributed by atoms with Gasteiger partial charge >= 0.3 is 0 Å². The van der Waals surface area contributed by atoms with E-state index >= 15 is 0 Å². The Morgan fingerprint density at radius 2 is 2.00 bits per heavy atom. The molecule has 0 saturated heterocycles. The number of alkyl halides is 1. The molecule has 1 amide bonds. The van der Waals surface area contributed by atoms with Crippen molar-refractivity contribution in [3.05, 3.63) is 35.6 Å². The van der Waals surface area contributed by atoms with Crippen molar-refractivity contribution in [3.63, 3.8) is 0 Å². The summed E-state index contributed by atoms with van der Waals surface area (Å²) in [4.78, 5) is 12.9. The molecule has 23 heavy (non-hydrogen) atoms. The van der Waals surface area contributed by atoms with E-state index in [1.807, 2.05) is 6.07 Å². The van der Waals surface area contributed by atoms with Crippen molar-refractivity contribution in [2.75, 3.05) is 6.54 Å². The fraction of sp³-hybridized carbons (Fsp3) is 0.632. The highest BCUT2D eigenvalue weighted by Gasteiger charge is 2.59. The van der Waals surface area contributed by atoms with Gasteiger partial charge in [-0.2, -0.15) is 0 Å². The lowest BCUT2D eigenvalue weighted by atomic mass is 9.49. The molecular formula is C19H23BrFNO. The molecule has 4 aliphatic carbocycles. The third kappa shape index (κ3) is 2.95. The SMILES string of the molecule is O=C(NCCc1cccc(F)c1)C12CC3CC(CC(Br)(C3)C1)C2. The third-order valence-electron chi connectivity index (χ3n) is 6.06. The summed E-state index contributed by atoms with van der Waals surface area (Å²) in [5.74, 6) is 1.44. The van der Waals surface area contributed by atoms with Crippen LogP contribution in [0.2, 0.25) is 0 Å². The Kier molecular flexibility index (Phi) is 3.79. The van der Waals surface area contributed by atoms with Gasteiger partial charge in [-0.3, -0.25) is 4.79 Å². The van der Waals surface area contributed by atoms with Crippen LogP contribution in [0.3, 0.4) is 0 Å². The molecule has 4 heteroatoms. The van der Waals surface area contributed by atoms with E-state index in [9.17, 15) is 9.18 Å². The maximum Gasteiger partial charge on any atom is 0.226 e. The molecule has 4 aliphatic rings. The van der Waals surface area contributed by atoms with Crippen LogP contribution in [-0.4, -0.2) is 16.8 Å². The van der Waals surface area contributed by atoms with Crippen LogP contribution in [-0.2, 0) is 11.2 Å². The standard InChI is InChI=1S/C19H23BrFNO/c20-19-10-14-6-15(11-19)9-18(8-14,12-19)17(23)22-5-4-13-2-1-3-16(21)7-13/h1-3,7,14-15H,4-6,8-12H2,(H,22,23). The highest BCUT2D eigenvalue weighted by Crippen LogP contribution is 2.64. The predicted octanol–water partition coefficient (Wildman–Crippen LogP) is 4.22. The first-order valence-electron chi connectivity index (χ1n) is 8.68. The molecule has 0 heterocycles. The lowest BCUT2D eigenvalue weighted by Gasteiger charge is -2.59. The largest absolute Gasteiger partial charge is 0.355 e. The molecule has 1 aromatic rings. The summed E-state index contributed by atoms with van der Waals surface area (Å²) >= 11 is 3.95. The lowest BCUT2D eigenvalue weighted by molar-refractivity contribution is -0.143. The zero-order chi connectivity index (χ0) is 16.1. The van der Waals surface area contributed by atoms with E-state index in [1.54, 1.807) is 12.1 Å². The molecule has 4 saturated carbocycles. The van der Waals surface area contributed by atoms with Crippen LogP contribution in [0.15, 0.2) is 24.3 Å². The molecule has 0 radical (unpaired) electrons. The second-order valence-corrected chi connectivity index (χ2v) is 9.71. The molecule has 0 aliphatic heterocycles. The predicted molar refractivity (Wildman–Crippen MR) is 91.9 cm³/mol. The smallest absolute Gasteiger partial charge is 0.226 e. The number of hydrogen-bond acceptors (Lipinski definition) is 1. The Labute approximate surface area is 145 Å². The van der Waals surface area contributed by atoms with Crippen molar-refractivity contribution in [1.29, 1.82) is 0 Å². The van der Waals surface area contributed by atoms with Crippen molar-refractivity contribution in [1.82, 2.24) is 5.32 Å². The van der Waals surface area contributed by atoms with Crippen molar-refractivity contribution >= 4 is 21.8 Å². The summed E-state index contributed by atoms with van der Waals surface area (Å²) < 4.78 is 13.4. The normalized spacial score (nSPS) is 37.8. The number of carbonyl (C=O) groups excluding carboxylic acids is 1. The van der Waals surface area contributed by atoms with Crippen molar-refractivity contribution < 1.29 is 9.18 Å². The number of nitrogens with one attached hydrogen (secondary N) is 1. The first-order chi connectivity index (χ1) is 11.0. The van der Waals surface area contributed by atoms with Gasteiger partial charge in [-0.05, 0) is 74.5 Å².